The van der Waals surface area contributed by atoms with Crippen LogP contribution in [-0.2, 0) is 37.3 Å². The van der Waals surface area contributed by atoms with Gasteiger partial charge in [0.1, 0.15) is 11.5 Å². The number of nitrogens with zero attached hydrogens (tertiary/aromatic N) is 2. The maximum Gasteiger partial charge on any atom is 0.127 e. The van der Waals surface area contributed by atoms with Crippen LogP contribution < -0.4 is 9.84 Å². The summed E-state index contributed by atoms with van der Waals surface area (Å²) in [4.78, 5) is 0. The molecule has 0 spiro atoms. The fraction of sp³-hybridized carbons (Fsp3) is 0.458. The standard InChI is InChI=1S/C36H54N2O2.C12H10O2.Cr/c1-33(2,3)25-17-23(31(39)27(19-25)35(7,8)9)21-37-29-15-13-14-16-30(29)38-22-24-18-26(34(4,5)6)20-28(32(24)40)36(10,11)12;13-10-6-8-12(9-7-10)14-11-4-2-1-3-5-11;/h17-22,29-30,39-40H,13-16H2,1-12H3;1-9,13H;/q;;+2/p-1. The molecule has 0 aromatic heterocycles. The number of benzene rings is 4. The quantitative estimate of drug-likeness (QED) is 0.216. The van der Waals surface area contributed by atoms with Crippen LogP contribution >= 0.6 is 0 Å². The van der Waals surface area contributed by atoms with Crippen molar-refractivity contribution in [1.29, 1.82) is 0 Å². The molecule has 0 bridgehead atoms. The molecule has 0 radical (unpaired) electrons. The van der Waals surface area contributed by atoms with Crippen LogP contribution in [0.25, 0.3) is 0 Å². The molecule has 4 aromatic rings. The molecule has 1 aliphatic heterocycles. The molecule has 2 unspecified atom stereocenters. The van der Waals surface area contributed by atoms with E-state index < -0.39 is 0 Å². The molecule has 1 aliphatic carbocycles. The van der Waals surface area contributed by atoms with E-state index >= 15 is 0 Å². The Bertz CT molecular complexity index is 1920. The predicted octanol–water partition coefficient (Wildman–Crippen LogP) is 10.6. The summed E-state index contributed by atoms with van der Waals surface area (Å²) in [6.07, 6.45) is 9.25. The SMILES string of the molecule is CC(C)(C)c1cc(C=[N+]2[Cr][N+](=Cc3cc(C(C)(C)C)cc(C(C)(C)C)c3O)C3CCCCC32)c(O)c(C(C)(C)C)c1.[O-]c1ccc(Oc2ccccc2)cc1. The minimum Gasteiger partial charge on any atom is -0.872 e. The van der Waals surface area contributed by atoms with E-state index in [2.05, 4.69) is 127 Å². The van der Waals surface area contributed by atoms with E-state index in [1.807, 2.05) is 30.3 Å². The molecule has 4 aromatic carbocycles. The number of rotatable bonds is 4. The molecule has 6 nitrogen and oxygen atoms in total. The van der Waals surface area contributed by atoms with Crippen LogP contribution in [-0.4, -0.2) is 41.8 Å². The molecule has 2 atom stereocenters. The molecule has 7 heteroatoms. The summed E-state index contributed by atoms with van der Waals surface area (Å²) >= 11 is 0.0117. The number of hydrogen-bond acceptors (Lipinski definition) is 4. The van der Waals surface area contributed by atoms with E-state index in [0.29, 0.717) is 29.3 Å². The van der Waals surface area contributed by atoms with Crippen molar-refractivity contribution in [3.8, 4) is 28.7 Å². The summed E-state index contributed by atoms with van der Waals surface area (Å²) in [6.45, 7) is 26.5. The van der Waals surface area contributed by atoms with Crippen LogP contribution in [0, 0.1) is 0 Å². The molecule has 0 amide bonds. The van der Waals surface area contributed by atoms with E-state index in [9.17, 15) is 15.3 Å². The third-order valence-electron chi connectivity index (χ3n) is 10.5. The van der Waals surface area contributed by atoms with Gasteiger partial charge in [0.15, 0.2) is 0 Å². The third-order valence-corrected chi connectivity index (χ3v) is 12.3. The van der Waals surface area contributed by atoms with Crippen LogP contribution in [0.3, 0.4) is 0 Å². The monoisotopic (exact) mass is 783 g/mol. The molecule has 1 heterocycles. The van der Waals surface area contributed by atoms with Crippen molar-refractivity contribution in [3.05, 3.63) is 112 Å². The van der Waals surface area contributed by atoms with Gasteiger partial charge in [-0.15, -0.1) is 5.75 Å². The van der Waals surface area contributed by atoms with E-state index in [0.717, 1.165) is 40.8 Å². The van der Waals surface area contributed by atoms with Gasteiger partial charge >= 0.3 is 257 Å². The first-order valence-corrected chi connectivity index (χ1v) is 20.9. The first-order chi connectivity index (χ1) is 25.5. The van der Waals surface area contributed by atoms with Gasteiger partial charge in [0, 0.05) is 0 Å². The molecule has 294 valence electrons. The van der Waals surface area contributed by atoms with Crippen molar-refractivity contribution >= 4 is 12.4 Å². The van der Waals surface area contributed by atoms with Crippen molar-refractivity contribution in [1.82, 2.24) is 0 Å². The predicted molar refractivity (Wildman–Crippen MR) is 220 cm³/mol. The number of hydrogen-bond donors (Lipinski definition) is 2. The molecular weight excluding hydrogens is 721 g/mol. The van der Waals surface area contributed by atoms with Gasteiger partial charge in [0.25, 0.3) is 0 Å². The van der Waals surface area contributed by atoms with Gasteiger partial charge in [-0.25, -0.2) is 0 Å². The molecule has 6 rings (SSSR count). The van der Waals surface area contributed by atoms with Gasteiger partial charge in [-0.3, -0.25) is 0 Å². The largest absolute Gasteiger partial charge is 0.872 e. The number of aromatic hydroxyl groups is 2. The molecule has 2 N–H and O–H groups in total. The van der Waals surface area contributed by atoms with Crippen molar-refractivity contribution in [2.75, 3.05) is 0 Å². The second kappa shape index (κ2) is 16.2. The Morgan fingerprint density at radius 1 is 0.582 bits per heavy atom. The van der Waals surface area contributed by atoms with Gasteiger partial charge < -0.3 is 9.84 Å². The fourth-order valence-corrected chi connectivity index (χ4v) is 9.07. The van der Waals surface area contributed by atoms with Gasteiger partial charge in [-0.2, -0.15) is 0 Å². The van der Waals surface area contributed by atoms with Gasteiger partial charge in [0.2, 0.25) is 0 Å². The summed E-state index contributed by atoms with van der Waals surface area (Å²) in [5.74, 6) is 2.25. The van der Waals surface area contributed by atoms with E-state index in [1.165, 1.54) is 36.1 Å². The van der Waals surface area contributed by atoms with Crippen molar-refractivity contribution in [2.24, 2.45) is 0 Å². The second-order valence-electron chi connectivity index (χ2n) is 19.3. The molecule has 2 fully saturated rings. The zero-order chi connectivity index (χ0) is 40.5. The first kappa shape index (κ1) is 42.1. The van der Waals surface area contributed by atoms with Gasteiger partial charge in [-0.1, -0.05) is 30.3 Å². The van der Waals surface area contributed by atoms with Crippen molar-refractivity contribution < 1.29 is 42.8 Å². The second-order valence-corrected chi connectivity index (χ2v) is 20.9. The zero-order valence-electron chi connectivity index (χ0n) is 35.2. The van der Waals surface area contributed by atoms with E-state index in [-0.39, 0.29) is 43.1 Å². The summed E-state index contributed by atoms with van der Waals surface area (Å²) in [7, 11) is 0. The average Bonchev–Trinajstić information content (AvgIpc) is 3.43. The van der Waals surface area contributed by atoms with E-state index in [4.69, 9.17) is 4.74 Å². The molecule has 1 saturated carbocycles. The smallest absolute Gasteiger partial charge is 0.127 e. The van der Waals surface area contributed by atoms with Crippen LogP contribution in [0.5, 0.6) is 28.7 Å². The van der Waals surface area contributed by atoms with E-state index in [1.54, 1.807) is 12.1 Å². The Morgan fingerprint density at radius 2 is 0.982 bits per heavy atom. The molecular formula is C48H63CrN2O4+. The Kier molecular flexibility index (Phi) is 12.4. The number of phenolic OH excluding ortho intramolecular Hbond substituents is 2. The molecule has 2 aliphatic rings. The molecule has 1 saturated heterocycles. The van der Waals surface area contributed by atoms with Crippen LogP contribution in [0.1, 0.15) is 142 Å². The number of phenols is 2. The Morgan fingerprint density at radius 3 is 1.36 bits per heavy atom. The summed E-state index contributed by atoms with van der Waals surface area (Å²) in [5, 5.41) is 33.9. The maximum absolute atomic E-state index is 11.5. The first-order valence-electron chi connectivity index (χ1n) is 19.7. The summed E-state index contributed by atoms with van der Waals surface area (Å²) in [6, 6.07) is 25.3. The Labute approximate surface area is 337 Å². The normalized spacial score (nSPS) is 19.2. The Hall–Kier alpha value is -4.05. The maximum atomic E-state index is 11.5. The minimum absolute atomic E-state index is 0.00888. The third kappa shape index (κ3) is 10.4. The van der Waals surface area contributed by atoms with Gasteiger partial charge in [0.05, 0.1) is 0 Å². The summed E-state index contributed by atoms with van der Waals surface area (Å²) < 4.78 is 10.5. The number of ether oxygens (including phenoxy) is 1. The fourth-order valence-electron chi connectivity index (χ4n) is 7.08. The number of fused-ring (bicyclic) bond motifs is 1. The van der Waals surface area contributed by atoms with Crippen molar-refractivity contribution in [2.45, 2.75) is 143 Å². The van der Waals surface area contributed by atoms with Gasteiger partial charge in [-0.05, 0) is 24.3 Å². The zero-order valence-corrected chi connectivity index (χ0v) is 36.4. The molecule has 55 heavy (non-hydrogen) atoms. The average molecular weight is 784 g/mol. The Balaban J connectivity index is 0.000000345. The van der Waals surface area contributed by atoms with Crippen LogP contribution in [0.4, 0.5) is 0 Å². The topological polar surface area (TPSA) is 78.8 Å². The van der Waals surface area contributed by atoms with Crippen molar-refractivity contribution in [3.63, 3.8) is 0 Å². The van der Waals surface area contributed by atoms with Crippen LogP contribution in [0.2, 0.25) is 0 Å². The number of para-hydroxylation sites is 1. The minimum atomic E-state index is -0.155. The summed E-state index contributed by atoms with van der Waals surface area (Å²) in [5.41, 5.74) is 6.01. The van der Waals surface area contributed by atoms with Crippen LogP contribution in [0.15, 0.2) is 78.9 Å².